The summed E-state index contributed by atoms with van der Waals surface area (Å²) in [5, 5.41) is 3.08. The highest BCUT2D eigenvalue weighted by atomic mass is 79.9. The second-order valence-corrected chi connectivity index (χ2v) is 8.26. The van der Waals surface area contributed by atoms with E-state index < -0.39 is 0 Å². The van der Waals surface area contributed by atoms with Crippen LogP contribution in [0.4, 0.5) is 0 Å². The predicted octanol–water partition coefficient (Wildman–Crippen LogP) is 3.24. The zero-order valence-corrected chi connectivity index (χ0v) is 15.9. The number of carbonyl (C=O) groups is 2. The normalized spacial score (nSPS) is 22.3. The molecule has 1 saturated heterocycles. The van der Waals surface area contributed by atoms with Crippen molar-refractivity contribution in [2.24, 2.45) is 5.92 Å². The summed E-state index contributed by atoms with van der Waals surface area (Å²) < 4.78 is 1.03. The first kappa shape index (κ1) is 17.5. The molecule has 5 heteroatoms. The average Bonchev–Trinajstić information content (AvgIpc) is 3.36. The molecule has 1 aliphatic heterocycles. The maximum atomic E-state index is 13.1. The monoisotopic (exact) mass is 392 g/mol. The third-order valence-electron chi connectivity index (χ3n) is 5.14. The van der Waals surface area contributed by atoms with Gasteiger partial charge >= 0.3 is 0 Å². The Labute approximate surface area is 152 Å². The zero-order valence-electron chi connectivity index (χ0n) is 14.3. The van der Waals surface area contributed by atoms with Crippen LogP contribution in [0.15, 0.2) is 28.7 Å². The van der Waals surface area contributed by atoms with Crippen molar-refractivity contribution in [2.75, 3.05) is 13.1 Å². The highest BCUT2D eigenvalue weighted by Gasteiger charge is 2.53. The molecular weight excluding hydrogens is 368 g/mol. The number of hydrogen-bond acceptors (Lipinski definition) is 2. The van der Waals surface area contributed by atoms with Crippen LogP contribution in [-0.4, -0.2) is 35.8 Å². The Morgan fingerprint density at radius 1 is 1.25 bits per heavy atom. The van der Waals surface area contributed by atoms with E-state index in [1.807, 2.05) is 30.9 Å². The minimum absolute atomic E-state index is 0.0198. The van der Waals surface area contributed by atoms with Gasteiger partial charge in [-0.25, -0.2) is 0 Å². The van der Waals surface area contributed by atoms with Crippen molar-refractivity contribution in [3.05, 3.63) is 34.3 Å². The van der Waals surface area contributed by atoms with Crippen molar-refractivity contribution >= 4 is 27.7 Å². The number of piperidine rings is 1. The number of rotatable bonds is 4. The number of amides is 2. The maximum Gasteiger partial charge on any atom is 0.233 e. The molecule has 24 heavy (non-hydrogen) atoms. The van der Waals surface area contributed by atoms with Gasteiger partial charge in [-0.1, -0.05) is 41.9 Å². The van der Waals surface area contributed by atoms with E-state index in [1.165, 1.54) is 0 Å². The number of hydrogen-bond donors (Lipinski definition) is 1. The summed E-state index contributed by atoms with van der Waals surface area (Å²) in [6.45, 7) is 5.22. The van der Waals surface area contributed by atoms with Crippen molar-refractivity contribution in [3.8, 4) is 0 Å². The second-order valence-electron chi connectivity index (χ2n) is 7.34. The molecule has 0 aromatic heterocycles. The molecule has 0 radical (unpaired) electrons. The number of benzene rings is 1. The van der Waals surface area contributed by atoms with Crippen molar-refractivity contribution < 1.29 is 9.59 Å². The van der Waals surface area contributed by atoms with Crippen LogP contribution >= 0.6 is 15.9 Å². The molecule has 4 nitrogen and oxygen atoms in total. The largest absolute Gasteiger partial charge is 0.351 e. The smallest absolute Gasteiger partial charge is 0.233 e. The Bertz CT molecular complexity index is 623. The van der Waals surface area contributed by atoms with Gasteiger partial charge < -0.3 is 10.2 Å². The Balaban J connectivity index is 1.68. The minimum atomic E-state index is -0.329. The van der Waals surface area contributed by atoms with Crippen LogP contribution in [0.25, 0.3) is 0 Å². The van der Waals surface area contributed by atoms with Crippen LogP contribution in [0.2, 0.25) is 0 Å². The molecule has 1 N–H and O–H groups in total. The van der Waals surface area contributed by atoms with Crippen LogP contribution in [-0.2, 0) is 15.0 Å². The molecule has 1 unspecified atom stereocenters. The Morgan fingerprint density at radius 2 is 1.92 bits per heavy atom. The highest BCUT2D eigenvalue weighted by molar-refractivity contribution is 9.10. The molecule has 2 aliphatic rings. The molecule has 3 rings (SSSR count). The van der Waals surface area contributed by atoms with E-state index in [0.717, 1.165) is 42.3 Å². The fourth-order valence-electron chi connectivity index (χ4n) is 3.47. The molecule has 130 valence electrons. The fourth-order valence-corrected chi connectivity index (χ4v) is 3.73. The standard InChI is InChI=1S/C19H25BrN2O2/c1-13(2)17(23)21-16-4-3-11-22(12-16)18(24)19(9-10-19)14-5-7-15(20)8-6-14/h5-8,13,16H,3-4,9-12H2,1-2H3,(H,21,23). The van der Waals surface area contributed by atoms with Crippen LogP contribution < -0.4 is 5.32 Å². The first-order valence-electron chi connectivity index (χ1n) is 8.78. The Kier molecular flexibility index (Phi) is 5.00. The molecule has 0 spiro atoms. The molecule has 1 saturated carbocycles. The topological polar surface area (TPSA) is 49.4 Å². The van der Waals surface area contributed by atoms with Crippen LogP contribution in [0, 0.1) is 5.92 Å². The van der Waals surface area contributed by atoms with E-state index in [1.54, 1.807) is 0 Å². The summed E-state index contributed by atoms with van der Waals surface area (Å²) in [5.41, 5.74) is 0.786. The van der Waals surface area contributed by atoms with Crippen molar-refractivity contribution in [1.82, 2.24) is 10.2 Å². The van der Waals surface area contributed by atoms with Crippen molar-refractivity contribution in [1.29, 1.82) is 0 Å². The van der Waals surface area contributed by atoms with E-state index in [2.05, 4.69) is 33.4 Å². The Hall–Kier alpha value is -1.36. The van der Waals surface area contributed by atoms with Crippen LogP contribution in [0.5, 0.6) is 0 Å². The lowest BCUT2D eigenvalue weighted by Crippen LogP contribution is -2.52. The van der Waals surface area contributed by atoms with Crippen LogP contribution in [0.3, 0.4) is 0 Å². The van der Waals surface area contributed by atoms with E-state index >= 15 is 0 Å². The summed E-state index contributed by atoms with van der Waals surface area (Å²) in [7, 11) is 0. The summed E-state index contributed by atoms with van der Waals surface area (Å²) in [6, 6.07) is 8.20. The predicted molar refractivity (Wildman–Crippen MR) is 97.6 cm³/mol. The fraction of sp³-hybridized carbons (Fsp3) is 0.579. The van der Waals surface area contributed by atoms with Gasteiger partial charge in [0, 0.05) is 29.5 Å². The van der Waals surface area contributed by atoms with E-state index in [-0.39, 0.29) is 29.2 Å². The van der Waals surface area contributed by atoms with Gasteiger partial charge in [0.05, 0.1) is 5.41 Å². The van der Waals surface area contributed by atoms with E-state index in [9.17, 15) is 9.59 Å². The quantitative estimate of drug-likeness (QED) is 0.854. The zero-order chi connectivity index (χ0) is 17.3. The summed E-state index contributed by atoms with van der Waals surface area (Å²) in [4.78, 5) is 27.0. The molecule has 1 aromatic rings. The minimum Gasteiger partial charge on any atom is -0.351 e. The van der Waals surface area contributed by atoms with Crippen LogP contribution in [0.1, 0.15) is 45.1 Å². The average molecular weight is 393 g/mol. The molecular formula is C19H25BrN2O2. The molecule has 1 atom stereocenters. The summed E-state index contributed by atoms with van der Waals surface area (Å²) in [6.07, 6.45) is 3.75. The van der Waals surface area contributed by atoms with Gasteiger partial charge in [0.25, 0.3) is 0 Å². The number of halogens is 1. The number of nitrogens with one attached hydrogen (secondary N) is 1. The van der Waals surface area contributed by atoms with Gasteiger partial charge in [-0.3, -0.25) is 9.59 Å². The molecule has 1 aliphatic carbocycles. The lowest BCUT2D eigenvalue weighted by Gasteiger charge is -2.36. The Morgan fingerprint density at radius 3 is 2.50 bits per heavy atom. The third-order valence-corrected chi connectivity index (χ3v) is 5.66. The molecule has 1 heterocycles. The molecule has 2 amide bonds. The molecule has 0 bridgehead atoms. The molecule has 2 fully saturated rings. The SMILES string of the molecule is CC(C)C(=O)NC1CCCN(C(=O)C2(c3ccc(Br)cc3)CC2)C1. The number of nitrogens with zero attached hydrogens (tertiary/aromatic N) is 1. The van der Waals surface area contributed by atoms with Gasteiger partial charge in [0.15, 0.2) is 0 Å². The number of carbonyl (C=O) groups excluding carboxylic acids is 2. The lowest BCUT2D eigenvalue weighted by molar-refractivity contribution is -0.136. The van der Waals surface area contributed by atoms with Crippen molar-refractivity contribution in [2.45, 2.75) is 51.0 Å². The maximum absolute atomic E-state index is 13.1. The van der Waals surface area contributed by atoms with Gasteiger partial charge in [-0.15, -0.1) is 0 Å². The first-order valence-corrected chi connectivity index (χ1v) is 9.57. The van der Waals surface area contributed by atoms with Gasteiger partial charge in [-0.2, -0.15) is 0 Å². The third kappa shape index (κ3) is 3.51. The summed E-state index contributed by atoms with van der Waals surface area (Å²) in [5.74, 6) is 0.283. The van der Waals surface area contributed by atoms with E-state index in [0.29, 0.717) is 6.54 Å². The van der Waals surface area contributed by atoms with Gasteiger partial charge in [0.2, 0.25) is 11.8 Å². The van der Waals surface area contributed by atoms with Gasteiger partial charge in [0.1, 0.15) is 0 Å². The second kappa shape index (κ2) is 6.87. The summed E-state index contributed by atoms with van der Waals surface area (Å²) >= 11 is 3.45. The first-order chi connectivity index (χ1) is 11.4. The highest BCUT2D eigenvalue weighted by Crippen LogP contribution is 2.50. The van der Waals surface area contributed by atoms with Crippen molar-refractivity contribution in [3.63, 3.8) is 0 Å². The van der Waals surface area contributed by atoms with Gasteiger partial charge in [-0.05, 0) is 43.4 Å². The molecule has 1 aromatic carbocycles. The number of likely N-dealkylation sites (tertiary alicyclic amines) is 1. The van der Waals surface area contributed by atoms with E-state index in [4.69, 9.17) is 0 Å². The lowest BCUT2D eigenvalue weighted by atomic mass is 9.93.